The lowest BCUT2D eigenvalue weighted by molar-refractivity contribution is 0.118. The summed E-state index contributed by atoms with van der Waals surface area (Å²) in [6.45, 7) is 8.68. The van der Waals surface area contributed by atoms with E-state index in [2.05, 4.69) is 5.32 Å². The number of rotatable bonds is 7. The van der Waals surface area contributed by atoms with E-state index in [1.807, 2.05) is 27.7 Å². The molecule has 1 aromatic carbocycles. The summed E-state index contributed by atoms with van der Waals surface area (Å²) in [5.41, 5.74) is 0.362. The van der Waals surface area contributed by atoms with Crippen LogP contribution in [0.1, 0.15) is 52.2 Å². The zero-order valence-electron chi connectivity index (χ0n) is 14.0. The van der Waals surface area contributed by atoms with Gasteiger partial charge in [0, 0.05) is 12.1 Å². The van der Waals surface area contributed by atoms with Gasteiger partial charge in [-0.1, -0.05) is 26.0 Å². The van der Waals surface area contributed by atoms with E-state index in [9.17, 15) is 15.0 Å². The van der Waals surface area contributed by atoms with Gasteiger partial charge >= 0.3 is 6.03 Å². The molecule has 0 aromatic heterocycles. The number of phenolic OH excluding ortho intramolecular Hbond substituents is 1. The Morgan fingerprint density at radius 2 is 1.95 bits per heavy atom. The predicted molar refractivity (Wildman–Crippen MR) is 87.8 cm³/mol. The standard InChI is InChI=1S/C17H28N2O3/c1-5-17(4,6-2)18-16(22)19(7-3)12-15(21)13-9-8-10-14(20)11-13/h8-11,15,20-21H,5-7,12H2,1-4H3,(H,18,22)/t15-/m0/s1. The van der Waals surface area contributed by atoms with E-state index in [1.54, 1.807) is 23.1 Å². The molecule has 0 saturated heterocycles. The fourth-order valence-electron chi connectivity index (χ4n) is 2.17. The van der Waals surface area contributed by atoms with E-state index >= 15 is 0 Å². The van der Waals surface area contributed by atoms with Gasteiger partial charge in [0.25, 0.3) is 0 Å². The minimum absolute atomic E-state index is 0.105. The topological polar surface area (TPSA) is 72.8 Å². The van der Waals surface area contributed by atoms with Crippen LogP contribution in [0, 0.1) is 0 Å². The maximum atomic E-state index is 12.4. The fraction of sp³-hybridized carbons (Fsp3) is 0.588. The largest absolute Gasteiger partial charge is 0.508 e. The molecular weight excluding hydrogens is 280 g/mol. The molecule has 0 aliphatic rings. The van der Waals surface area contributed by atoms with Crippen LogP contribution < -0.4 is 5.32 Å². The Morgan fingerprint density at radius 1 is 1.32 bits per heavy atom. The van der Waals surface area contributed by atoms with Crippen molar-refractivity contribution in [2.24, 2.45) is 0 Å². The third kappa shape index (κ3) is 4.91. The number of hydrogen-bond acceptors (Lipinski definition) is 3. The first-order valence-corrected chi connectivity index (χ1v) is 7.89. The van der Waals surface area contributed by atoms with Crippen molar-refractivity contribution in [3.05, 3.63) is 29.8 Å². The van der Waals surface area contributed by atoms with Crippen LogP contribution in [0.2, 0.25) is 0 Å². The molecule has 0 radical (unpaired) electrons. The Balaban J connectivity index is 2.73. The van der Waals surface area contributed by atoms with Crippen LogP contribution in [0.25, 0.3) is 0 Å². The number of amides is 2. The molecule has 5 heteroatoms. The van der Waals surface area contributed by atoms with Gasteiger partial charge in [-0.05, 0) is 44.4 Å². The zero-order valence-corrected chi connectivity index (χ0v) is 14.0. The normalized spacial score (nSPS) is 12.8. The first-order chi connectivity index (χ1) is 10.3. The smallest absolute Gasteiger partial charge is 0.317 e. The number of benzene rings is 1. The van der Waals surface area contributed by atoms with Crippen molar-refractivity contribution in [3.63, 3.8) is 0 Å². The van der Waals surface area contributed by atoms with Gasteiger partial charge in [0.1, 0.15) is 5.75 Å². The Kier molecular flexibility index (Phi) is 6.68. The van der Waals surface area contributed by atoms with E-state index in [0.717, 1.165) is 12.8 Å². The zero-order chi connectivity index (χ0) is 16.8. The van der Waals surface area contributed by atoms with Crippen molar-refractivity contribution < 1.29 is 15.0 Å². The summed E-state index contributed by atoms with van der Waals surface area (Å²) < 4.78 is 0. The molecule has 0 unspecified atom stereocenters. The quantitative estimate of drug-likeness (QED) is 0.725. The molecule has 0 aliphatic heterocycles. The number of nitrogens with zero attached hydrogens (tertiary/aromatic N) is 1. The molecule has 1 rings (SSSR count). The number of carbonyl (C=O) groups excluding carboxylic acids is 1. The molecule has 2 amide bonds. The van der Waals surface area contributed by atoms with E-state index in [-0.39, 0.29) is 23.9 Å². The van der Waals surface area contributed by atoms with Gasteiger partial charge in [0.05, 0.1) is 12.6 Å². The van der Waals surface area contributed by atoms with Crippen LogP contribution in [0.3, 0.4) is 0 Å². The van der Waals surface area contributed by atoms with Gasteiger partial charge in [-0.3, -0.25) is 0 Å². The molecule has 5 nitrogen and oxygen atoms in total. The molecule has 1 atom stereocenters. The maximum Gasteiger partial charge on any atom is 0.317 e. The van der Waals surface area contributed by atoms with E-state index in [1.165, 1.54) is 6.07 Å². The van der Waals surface area contributed by atoms with Gasteiger partial charge in [-0.2, -0.15) is 0 Å². The highest BCUT2D eigenvalue weighted by atomic mass is 16.3. The second-order valence-electron chi connectivity index (χ2n) is 5.85. The van der Waals surface area contributed by atoms with Crippen LogP contribution in [0.5, 0.6) is 5.75 Å². The first kappa shape index (κ1) is 18.3. The summed E-state index contributed by atoms with van der Waals surface area (Å²) in [6, 6.07) is 6.30. The Hall–Kier alpha value is -1.75. The van der Waals surface area contributed by atoms with E-state index in [4.69, 9.17) is 0 Å². The molecule has 3 N–H and O–H groups in total. The molecule has 0 fully saturated rings. The van der Waals surface area contributed by atoms with Crippen LogP contribution in [0.15, 0.2) is 24.3 Å². The molecule has 0 bridgehead atoms. The fourth-order valence-corrected chi connectivity index (χ4v) is 2.17. The van der Waals surface area contributed by atoms with Crippen LogP contribution in [-0.4, -0.2) is 39.8 Å². The second kappa shape index (κ2) is 8.03. The third-order valence-corrected chi connectivity index (χ3v) is 4.29. The van der Waals surface area contributed by atoms with Crippen molar-refractivity contribution in [3.8, 4) is 5.75 Å². The number of aliphatic hydroxyl groups excluding tert-OH is 1. The Bertz CT molecular complexity index is 487. The van der Waals surface area contributed by atoms with Gasteiger partial charge in [0.15, 0.2) is 0 Å². The second-order valence-corrected chi connectivity index (χ2v) is 5.85. The lowest BCUT2D eigenvalue weighted by atomic mass is 9.96. The number of aromatic hydroxyl groups is 1. The van der Waals surface area contributed by atoms with Crippen LogP contribution in [-0.2, 0) is 0 Å². The van der Waals surface area contributed by atoms with Crippen LogP contribution in [0.4, 0.5) is 4.79 Å². The monoisotopic (exact) mass is 308 g/mol. The minimum Gasteiger partial charge on any atom is -0.508 e. The van der Waals surface area contributed by atoms with Crippen LogP contribution >= 0.6 is 0 Å². The molecule has 0 saturated carbocycles. The summed E-state index contributed by atoms with van der Waals surface area (Å²) in [5.74, 6) is 0.105. The Morgan fingerprint density at radius 3 is 2.45 bits per heavy atom. The number of hydrogen-bond donors (Lipinski definition) is 3. The van der Waals surface area contributed by atoms with Crippen molar-refractivity contribution in [1.82, 2.24) is 10.2 Å². The number of urea groups is 1. The first-order valence-electron chi connectivity index (χ1n) is 7.89. The lowest BCUT2D eigenvalue weighted by Crippen LogP contribution is -2.51. The van der Waals surface area contributed by atoms with Crippen molar-refractivity contribution in [1.29, 1.82) is 0 Å². The van der Waals surface area contributed by atoms with Gasteiger partial charge in [-0.15, -0.1) is 0 Å². The van der Waals surface area contributed by atoms with E-state index in [0.29, 0.717) is 12.1 Å². The summed E-state index contributed by atoms with van der Waals surface area (Å²) in [5, 5.41) is 22.8. The Labute approximate surface area is 133 Å². The summed E-state index contributed by atoms with van der Waals surface area (Å²) in [7, 11) is 0. The molecule has 0 heterocycles. The van der Waals surface area contributed by atoms with Gasteiger partial charge in [-0.25, -0.2) is 4.79 Å². The maximum absolute atomic E-state index is 12.4. The lowest BCUT2D eigenvalue weighted by Gasteiger charge is -2.32. The number of phenols is 1. The molecule has 124 valence electrons. The third-order valence-electron chi connectivity index (χ3n) is 4.29. The van der Waals surface area contributed by atoms with Gasteiger partial charge < -0.3 is 20.4 Å². The summed E-state index contributed by atoms with van der Waals surface area (Å²) in [4.78, 5) is 14.0. The number of nitrogens with one attached hydrogen (secondary N) is 1. The highest BCUT2D eigenvalue weighted by Crippen LogP contribution is 2.20. The van der Waals surface area contributed by atoms with Gasteiger partial charge in [0.2, 0.25) is 0 Å². The molecule has 0 aliphatic carbocycles. The summed E-state index contributed by atoms with van der Waals surface area (Å²) in [6.07, 6.45) is 0.872. The molecule has 0 spiro atoms. The average Bonchev–Trinajstić information content (AvgIpc) is 2.51. The molecular formula is C17H28N2O3. The van der Waals surface area contributed by atoms with Crippen molar-refractivity contribution in [2.75, 3.05) is 13.1 Å². The summed E-state index contributed by atoms with van der Waals surface area (Å²) >= 11 is 0. The predicted octanol–water partition coefficient (Wildman–Crippen LogP) is 3.04. The SMILES string of the molecule is CCN(C[C@H](O)c1cccc(O)c1)C(=O)NC(C)(CC)CC. The van der Waals surface area contributed by atoms with Crippen molar-refractivity contribution in [2.45, 2.75) is 52.2 Å². The number of aliphatic hydroxyl groups is 1. The molecule has 22 heavy (non-hydrogen) atoms. The highest BCUT2D eigenvalue weighted by molar-refractivity contribution is 5.75. The molecule has 1 aromatic rings. The minimum atomic E-state index is -0.827. The average molecular weight is 308 g/mol. The number of likely N-dealkylation sites (N-methyl/N-ethyl adjacent to an activating group) is 1. The van der Waals surface area contributed by atoms with Crippen molar-refractivity contribution >= 4 is 6.03 Å². The van der Waals surface area contributed by atoms with E-state index < -0.39 is 6.10 Å². The highest BCUT2D eigenvalue weighted by Gasteiger charge is 2.25. The number of carbonyl (C=O) groups is 1.